The molecule has 0 aliphatic heterocycles. The number of amides is 1. The highest BCUT2D eigenvalue weighted by atomic mass is 32.1. The molecule has 82 valence electrons. The minimum Gasteiger partial charge on any atom is -0.450 e. The average molecular weight is 228 g/mol. The summed E-state index contributed by atoms with van der Waals surface area (Å²) in [5.41, 5.74) is 1.08. The second kappa shape index (κ2) is 4.88. The first-order valence-electron chi connectivity index (χ1n) is 4.47. The van der Waals surface area contributed by atoms with Gasteiger partial charge in [-0.15, -0.1) is 0 Å². The fourth-order valence-electron chi connectivity index (χ4n) is 1.13. The number of nitrogens with zero attached hydrogens (tertiary/aromatic N) is 1. The molecule has 1 rings (SSSR count). The summed E-state index contributed by atoms with van der Waals surface area (Å²) in [5, 5.41) is 2.93. The Labute approximate surface area is 91.6 Å². The summed E-state index contributed by atoms with van der Waals surface area (Å²) < 4.78 is 8.71. The fraction of sp³-hybridized carbons (Fsp3) is 0.444. The Morgan fingerprint density at radius 2 is 2.20 bits per heavy atom. The van der Waals surface area contributed by atoms with Gasteiger partial charge in [0.1, 0.15) is 5.00 Å². The van der Waals surface area contributed by atoms with Crippen LogP contribution in [0.25, 0.3) is 0 Å². The summed E-state index contributed by atoms with van der Waals surface area (Å²) in [4.78, 5) is 22.4. The maximum Gasteiger partial charge on any atom is 0.412 e. The normalized spacial score (nSPS) is 9.80. The second-order valence-electron chi connectivity index (χ2n) is 2.87. The van der Waals surface area contributed by atoms with Crippen LogP contribution in [0.5, 0.6) is 0 Å². The Balaban J connectivity index is 2.86. The van der Waals surface area contributed by atoms with Crippen LogP contribution in [0.4, 0.5) is 9.80 Å². The van der Waals surface area contributed by atoms with Crippen molar-refractivity contribution in [3.63, 3.8) is 0 Å². The molecule has 6 heteroatoms. The molecule has 0 radical (unpaired) electrons. The van der Waals surface area contributed by atoms with Gasteiger partial charge in [-0.1, -0.05) is 0 Å². The number of Topliss-reactive ketones (excluding diaryl/α,β-unsaturated/α-hetero) is 1. The molecule has 1 aromatic heterocycles. The highest BCUT2D eigenvalue weighted by Crippen LogP contribution is 2.24. The molecule has 0 aromatic carbocycles. The molecular formula is C9H12N2O3S. The van der Waals surface area contributed by atoms with Crippen LogP contribution in [0, 0.1) is 6.92 Å². The van der Waals surface area contributed by atoms with Gasteiger partial charge < -0.3 is 4.74 Å². The largest absolute Gasteiger partial charge is 0.450 e. The maximum atomic E-state index is 11.3. The first-order valence-corrected chi connectivity index (χ1v) is 5.24. The molecular weight excluding hydrogens is 216 g/mol. The standard InChI is InChI=1S/C9H12N2O3S/c1-4-14-9(13)10-8-7(6(3)12)5(2)11-15-8/h4H2,1-3H3,(H,10,13). The van der Waals surface area contributed by atoms with E-state index in [0.29, 0.717) is 22.9 Å². The number of ether oxygens (including phenoxy) is 1. The highest BCUT2D eigenvalue weighted by Gasteiger charge is 2.16. The third kappa shape index (κ3) is 2.76. The molecule has 0 aliphatic carbocycles. The van der Waals surface area contributed by atoms with E-state index in [0.717, 1.165) is 11.5 Å². The van der Waals surface area contributed by atoms with Gasteiger partial charge in [-0.25, -0.2) is 4.79 Å². The molecule has 0 spiro atoms. The van der Waals surface area contributed by atoms with Gasteiger partial charge in [-0.2, -0.15) is 4.37 Å². The Kier molecular flexibility index (Phi) is 3.79. The van der Waals surface area contributed by atoms with Crippen molar-refractivity contribution in [3.05, 3.63) is 11.3 Å². The Bertz CT molecular complexity index is 387. The molecule has 0 aliphatic rings. The number of nitrogens with one attached hydrogen (secondary N) is 1. The lowest BCUT2D eigenvalue weighted by Crippen LogP contribution is -2.14. The lowest BCUT2D eigenvalue weighted by Gasteiger charge is -2.03. The minimum absolute atomic E-state index is 0.118. The zero-order chi connectivity index (χ0) is 11.4. The molecule has 1 heterocycles. The van der Waals surface area contributed by atoms with Crippen LogP contribution in [0.2, 0.25) is 0 Å². The molecule has 0 atom stereocenters. The molecule has 1 N–H and O–H groups in total. The summed E-state index contributed by atoms with van der Waals surface area (Å²) in [7, 11) is 0. The van der Waals surface area contributed by atoms with Crippen molar-refractivity contribution in [2.45, 2.75) is 20.8 Å². The Morgan fingerprint density at radius 1 is 1.53 bits per heavy atom. The lowest BCUT2D eigenvalue weighted by molar-refractivity contribution is 0.101. The van der Waals surface area contributed by atoms with E-state index in [2.05, 4.69) is 9.69 Å². The van der Waals surface area contributed by atoms with Gasteiger partial charge in [-0.05, 0) is 32.3 Å². The zero-order valence-electron chi connectivity index (χ0n) is 8.79. The van der Waals surface area contributed by atoms with Crippen LogP contribution in [-0.2, 0) is 4.74 Å². The van der Waals surface area contributed by atoms with Gasteiger partial charge in [0.2, 0.25) is 0 Å². The fourth-order valence-corrected chi connectivity index (χ4v) is 1.96. The summed E-state index contributed by atoms with van der Waals surface area (Å²) in [6.45, 7) is 5.17. The molecule has 1 amide bonds. The number of aromatic nitrogens is 1. The number of carbonyl (C=O) groups is 2. The first-order chi connectivity index (χ1) is 7.06. The number of hydrogen-bond donors (Lipinski definition) is 1. The van der Waals surface area contributed by atoms with E-state index < -0.39 is 6.09 Å². The minimum atomic E-state index is -0.566. The van der Waals surface area contributed by atoms with E-state index in [-0.39, 0.29) is 5.78 Å². The van der Waals surface area contributed by atoms with Crippen molar-refractivity contribution >= 4 is 28.4 Å². The van der Waals surface area contributed by atoms with Crippen LogP contribution < -0.4 is 5.32 Å². The maximum absolute atomic E-state index is 11.3. The summed E-state index contributed by atoms with van der Waals surface area (Å²) in [5.74, 6) is -0.118. The number of ketones is 1. The van der Waals surface area contributed by atoms with Gasteiger partial charge >= 0.3 is 6.09 Å². The smallest absolute Gasteiger partial charge is 0.412 e. The summed E-state index contributed by atoms with van der Waals surface area (Å²) in [6.07, 6.45) is -0.566. The van der Waals surface area contributed by atoms with E-state index in [4.69, 9.17) is 4.74 Å². The number of carbonyl (C=O) groups excluding carboxylic acids is 2. The van der Waals surface area contributed by atoms with Gasteiger partial charge in [-0.3, -0.25) is 10.1 Å². The van der Waals surface area contributed by atoms with E-state index in [1.54, 1.807) is 13.8 Å². The predicted octanol–water partition coefficient (Wildman–Crippen LogP) is 2.22. The van der Waals surface area contributed by atoms with E-state index in [9.17, 15) is 9.59 Å². The van der Waals surface area contributed by atoms with E-state index in [1.807, 2.05) is 0 Å². The third-order valence-corrected chi connectivity index (χ3v) is 2.56. The molecule has 1 aromatic rings. The SMILES string of the molecule is CCOC(=O)Nc1snc(C)c1C(C)=O. The molecule has 0 saturated carbocycles. The van der Waals surface area contributed by atoms with E-state index in [1.165, 1.54) is 6.92 Å². The molecule has 15 heavy (non-hydrogen) atoms. The van der Waals surface area contributed by atoms with Gasteiger partial charge in [0, 0.05) is 0 Å². The van der Waals surface area contributed by atoms with Crippen LogP contribution in [0.1, 0.15) is 29.9 Å². The average Bonchev–Trinajstić information content (AvgIpc) is 2.47. The molecule has 0 saturated heterocycles. The van der Waals surface area contributed by atoms with E-state index >= 15 is 0 Å². The van der Waals surface area contributed by atoms with Crippen molar-refractivity contribution in [2.75, 3.05) is 11.9 Å². The first kappa shape index (κ1) is 11.6. The van der Waals surface area contributed by atoms with Crippen LogP contribution in [0.3, 0.4) is 0 Å². The number of rotatable bonds is 3. The monoisotopic (exact) mass is 228 g/mol. The van der Waals surface area contributed by atoms with Crippen LogP contribution >= 0.6 is 11.5 Å². The molecule has 0 bridgehead atoms. The predicted molar refractivity (Wildman–Crippen MR) is 57.5 cm³/mol. The number of aryl methyl sites for hydroxylation is 1. The number of hydrogen-bond acceptors (Lipinski definition) is 5. The van der Waals surface area contributed by atoms with Gasteiger partial charge in [0.25, 0.3) is 0 Å². The summed E-state index contributed by atoms with van der Waals surface area (Å²) >= 11 is 1.08. The Morgan fingerprint density at radius 3 is 2.73 bits per heavy atom. The Hall–Kier alpha value is -1.43. The zero-order valence-corrected chi connectivity index (χ0v) is 9.60. The second-order valence-corrected chi connectivity index (χ2v) is 3.65. The highest BCUT2D eigenvalue weighted by molar-refractivity contribution is 7.11. The van der Waals surface area contributed by atoms with Crippen molar-refractivity contribution in [3.8, 4) is 0 Å². The third-order valence-electron chi connectivity index (χ3n) is 1.71. The van der Waals surface area contributed by atoms with Crippen LogP contribution in [-0.4, -0.2) is 22.9 Å². The van der Waals surface area contributed by atoms with Crippen molar-refractivity contribution in [2.24, 2.45) is 0 Å². The number of anilines is 1. The van der Waals surface area contributed by atoms with Crippen molar-refractivity contribution < 1.29 is 14.3 Å². The van der Waals surface area contributed by atoms with Gasteiger partial charge in [0.15, 0.2) is 5.78 Å². The topological polar surface area (TPSA) is 68.3 Å². The molecule has 0 unspecified atom stereocenters. The lowest BCUT2D eigenvalue weighted by atomic mass is 10.2. The molecule has 5 nitrogen and oxygen atoms in total. The van der Waals surface area contributed by atoms with Gasteiger partial charge in [0.05, 0.1) is 17.9 Å². The quantitative estimate of drug-likeness (QED) is 0.805. The van der Waals surface area contributed by atoms with Crippen molar-refractivity contribution in [1.29, 1.82) is 0 Å². The summed E-state index contributed by atoms with van der Waals surface area (Å²) in [6, 6.07) is 0. The van der Waals surface area contributed by atoms with Crippen LogP contribution in [0.15, 0.2) is 0 Å². The molecule has 0 fully saturated rings. The van der Waals surface area contributed by atoms with Crippen molar-refractivity contribution in [1.82, 2.24) is 4.37 Å².